The molecule has 5 nitrogen and oxygen atoms in total. The molecule has 0 aliphatic carbocycles. The van der Waals surface area contributed by atoms with Crippen LogP contribution in [0.4, 0.5) is 0 Å². The predicted molar refractivity (Wildman–Crippen MR) is 68.2 cm³/mol. The maximum atomic E-state index is 11.9. The summed E-state index contributed by atoms with van der Waals surface area (Å²) in [6, 6.07) is 0.358. The first-order valence-electron chi connectivity index (χ1n) is 6.86. The Bertz CT molecular complexity index is 285. The minimum Gasteiger partial charge on any atom is -0.396 e. The Balaban J connectivity index is 1.76. The summed E-state index contributed by atoms with van der Waals surface area (Å²) in [6.07, 6.45) is 2.64. The fourth-order valence-electron chi connectivity index (χ4n) is 2.99. The first-order valence-corrected chi connectivity index (χ1v) is 6.86. The van der Waals surface area contributed by atoms with Crippen LogP contribution in [-0.2, 0) is 9.53 Å². The molecule has 104 valence electrons. The van der Waals surface area contributed by atoms with Gasteiger partial charge in [0.15, 0.2) is 0 Å². The van der Waals surface area contributed by atoms with E-state index in [1.165, 1.54) is 0 Å². The highest BCUT2D eigenvalue weighted by atomic mass is 16.5. The molecule has 2 atom stereocenters. The molecule has 2 saturated heterocycles. The summed E-state index contributed by atoms with van der Waals surface area (Å²) in [6.45, 7) is 4.78. The van der Waals surface area contributed by atoms with Crippen molar-refractivity contribution in [3.05, 3.63) is 0 Å². The van der Waals surface area contributed by atoms with E-state index in [-0.39, 0.29) is 18.4 Å². The highest BCUT2D eigenvalue weighted by Gasteiger charge is 2.36. The summed E-state index contributed by atoms with van der Waals surface area (Å²) in [5, 5.41) is 9.14. The smallest absolute Gasteiger partial charge is 0.223 e. The quantitative estimate of drug-likeness (QED) is 0.676. The van der Waals surface area contributed by atoms with Crippen molar-refractivity contribution in [3.63, 3.8) is 0 Å². The van der Waals surface area contributed by atoms with Crippen molar-refractivity contribution in [3.8, 4) is 0 Å². The van der Waals surface area contributed by atoms with Crippen molar-refractivity contribution in [2.24, 2.45) is 5.92 Å². The number of aliphatic hydroxyl groups excluding tert-OH is 1. The third-order valence-electron chi connectivity index (χ3n) is 4.01. The molecule has 1 N–H and O–H groups in total. The molecule has 0 saturated carbocycles. The van der Waals surface area contributed by atoms with Crippen molar-refractivity contribution in [1.82, 2.24) is 9.80 Å². The number of rotatable bonds is 6. The zero-order valence-electron chi connectivity index (χ0n) is 11.2. The van der Waals surface area contributed by atoms with Crippen LogP contribution < -0.4 is 0 Å². The molecule has 2 unspecified atom stereocenters. The van der Waals surface area contributed by atoms with E-state index in [0.29, 0.717) is 12.5 Å². The van der Waals surface area contributed by atoms with Gasteiger partial charge in [-0.2, -0.15) is 0 Å². The molecule has 5 heteroatoms. The Morgan fingerprint density at radius 3 is 2.94 bits per heavy atom. The van der Waals surface area contributed by atoms with Gasteiger partial charge in [0.25, 0.3) is 0 Å². The standard InChI is InChI=1S/C13H24N2O3/c1-18-6-2-4-14-5-3-12(9-14)15-8-11(10-16)7-13(15)17/h11-12,16H,2-10H2,1H3. The lowest BCUT2D eigenvalue weighted by atomic mass is 10.1. The van der Waals surface area contributed by atoms with E-state index in [9.17, 15) is 4.79 Å². The van der Waals surface area contributed by atoms with Gasteiger partial charge in [0.2, 0.25) is 5.91 Å². The minimum atomic E-state index is 0.131. The van der Waals surface area contributed by atoms with Crippen molar-refractivity contribution >= 4 is 5.91 Å². The number of carbonyl (C=O) groups excluding carboxylic acids is 1. The Hall–Kier alpha value is -0.650. The topological polar surface area (TPSA) is 53.0 Å². The molecular weight excluding hydrogens is 232 g/mol. The van der Waals surface area contributed by atoms with E-state index in [0.717, 1.165) is 45.6 Å². The first-order chi connectivity index (χ1) is 8.74. The fraction of sp³-hybridized carbons (Fsp3) is 0.923. The van der Waals surface area contributed by atoms with Gasteiger partial charge in [-0.05, 0) is 12.8 Å². The highest BCUT2D eigenvalue weighted by Crippen LogP contribution is 2.24. The van der Waals surface area contributed by atoms with Crippen LogP contribution in [0.3, 0.4) is 0 Å². The van der Waals surface area contributed by atoms with Crippen LogP contribution in [0.15, 0.2) is 0 Å². The third-order valence-corrected chi connectivity index (χ3v) is 4.01. The van der Waals surface area contributed by atoms with Gasteiger partial charge in [0.1, 0.15) is 0 Å². The SMILES string of the molecule is COCCCN1CCC(N2CC(CO)CC2=O)C1. The first kappa shape index (κ1) is 13.8. The van der Waals surface area contributed by atoms with Gasteiger partial charge in [0.05, 0.1) is 0 Å². The number of hydrogen-bond donors (Lipinski definition) is 1. The molecule has 0 bridgehead atoms. The predicted octanol–water partition coefficient (Wildman–Crippen LogP) is -0.0620. The summed E-state index contributed by atoms with van der Waals surface area (Å²) in [5.41, 5.74) is 0. The van der Waals surface area contributed by atoms with Crippen LogP contribution in [0.1, 0.15) is 19.3 Å². The van der Waals surface area contributed by atoms with Gasteiger partial charge in [-0.15, -0.1) is 0 Å². The Morgan fingerprint density at radius 1 is 1.44 bits per heavy atom. The second kappa shape index (κ2) is 6.50. The van der Waals surface area contributed by atoms with Crippen LogP contribution in [0.5, 0.6) is 0 Å². The highest BCUT2D eigenvalue weighted by molar-refractivity contribution is 5.79. The van der Waals surface area contributed by atoms with Crippen molar-refractivity contribution in [2.75, 3.05) is 46.5 Å². The minimum absolute atomic E-state index is 0.131. The van der Waals surface area contributed by atoms with E-state index in [1.54, 1.807) is 7.11 Å². The van der Waals surface area contributed by atoms with Crippen LogP contribution in [0, 0.1) is 5.92 Å². The van der Waals surface area contributed by atoms with E-state index in [4.69, 9.17) is 9.84 Å². The zero-order chi connectivity index (χ0) is 13.0. The molecule has 0 spiro atoms. The monoisotopic (exact) mass is 256 g/mol. The van der Waals surface area contributed by atoms with E-state index < -0.39 is 0 Å². The van der Waals surface area contributed by atoms with E-state index in [1.807, 2.05) is 4.90 Å². The number of aliphatic hydroxyl groups is 1. The van der Waals surface area contributed by atoms with Gasteiger partial charge < -0.3 is 19.6 Å². The van der Waals surface area contributed by atoms with E-state index >= 15 is 0 Å². The lowest BCUT2D eigenvalue weighted by Crippen LogP contribution is -2.39. The van der Waals surface area contributed by atoms with Crippen LogP contribution >= 0.6 is 0 Å². The second-order valence-corrected chi connectivity index (χ2v) is 5.39. The largest absolute Gasteiger partial charge is 0.396 e. The summed E-state index contributed by atoms with van der Waals surface area (Å²) in [4.78, 5) is 16.3. The maximum absolute atomic E-state index is 11.9. The summed E-state index contributed by atoms with van der Waals surface area (Å²) < 4.78 is 5.05. The van der Waals surface area contributed by atoms with Gasteiger partial charge in [-0.25, -0.2) is 0 Å². The molecule has 0 aromatic heterocycles. The van der Waals surface area contributed by atoms with Crippen molar-refractivity contribution in [2.45, 2.75) is 25.3 Å². The maximum Gasteiger partial charge on any atom is 0.223 e. The van der Waals surface area contributed by atoms with Gasteiger partial charge >= 0.3 is 0 Å². The number of methoxy groups -OCH3 is 1. The number of amides is 1. The Labute approximate surface area is 109 Å². The third kappa shape index (κ3) is 3.22. The lowest BCUT2D eigenvalue weighted by Gasteiger charge is -2.24. The van der Waals surface area contributed by atoms with Gasteiger partial charge in [0, 0.05) is 64.9 Å². The molecule has 2 fully saturated rings. The lowest BCUT2D eigenvalue weighted by molar-refractivity contribution is -0.129. The Kier molecular flexibility index (Phi) is 4.97. The number of likely N-dealkylation sites (tertiary alicyclic amines) is 2. The molecule has 2 aliphatic rings. The number of ether oxygens (including phenoxy) is 1. The average Bonchev–Trinajstić information content (AvgIpc) is 2.96. The molecule has 2 heterocycles. The van der Waals surface area contributed by atoms with Gasteiger partial charge in [-0.3, -0.25) is 4.79 Å². The van der Waals surface area contributed by atoms with Crippen LogP contribution in [0.2, 0.25) is 0 Å². The van der Waals surface area contributed by atoms with Crippen molar-refractivity contribution in [1.29, 1.82) is 0 Å². The summed E-state index contributed by atoms with van der Waals surface area (Å²) in [7, 11) is 1.73. The molecule has 0 aromatic rings. The molecule has 2 aliphatic heterocycles. The summed E-state index contributed by atoms with van der Waals surface area (Å²) >= 11 is 0. The number of nitrogens with zero attached hydrogens (tertiary/aromatic N) is 2. The average molecular weight is 256 g/mol. The molecule has 1 amide bonds. The molecule has 0 radical (unpaired) electrons. The molecule has 18 heavy (non-hydrogen) atoms. The molecule has 0 aromatic carbocycles. The number of carbonyl (C=O) groups is 1. The Morgan fingerprint density at radius 2 is 2.28 bits per heavy atom. The van der Waals surface area contributed by atoms with Crippen LogP contribution in [-0.4, -0.2) is 73.4 Å². The van der Waals surface area contributed by atoms with Crippen LogP contribution in [0.25, 0.3) is 0 Å². The zero-order valence-corrected chi connectivity index (χ0v) is 11.2. The summed E-state index contributed by atoms with van der Waals surface area (Å²) in [5.74, 6) is 0.373. The van der Waals surface area contributed by atoms with Crippen molar-refractivity contribution < 1.29 is 14.6 Å². The van der Waals surface area contributed by atoms with E-state index in [2.05, 4.69) is 4.90 Å². The fourth-order valence-corrected chi connectivity index (χ4v) is 2.99. The second-order valence-electron chi connectivity index (χ2n) is 5.39. The normalized spacial score (nSPS) is 29.4. The van der Waals surface area contributed by atoms with Gasteiger partial charge in [-0.1, -0.05) is 0 Å². The molecule has 2 rings (SSSR count). The number of hydrogen-bond acceptors (Lipinski definition) is 4. The molecular formula is C13H24N2O3.